The molecular formula is C12H26O4Si. The Hall–Kier alpha value is 0.0569. The third-order valence-electron chi connectivity index (χ3n) is 3.71. The third kappa shape index (κ3) is 3.76. The number of ether oxygens (including phenoxy) is 2. The zero-order valence-corrected chi connectivity index (χ0v) is 12.8. The molecule has 0 radical (unpaired) electrons. The molecule has 0 bridgehead atoms. The van der Waals surface area contributed by atoms with Gasteiger partial charge in [-0.05, 0) is 25.1 Å². The Morgan fingerprint density at radius 1 is 1.35 bits per heavy atom. The largest absolute Gasteiger partial charge is 0.409 e. The summed E-state index contributed by atoms with van der Waals surface area (Å²) in [5.41, 5.74) is 0. The van der Waals surface area contributed by atoms with Crippen molar-refractivity contribution in [3.8, 4) is 0 Å². The van der Waals surface area contributed by atoms with Crippen LogP contribution in [-0.4, -0.2) is 45.1 Å². The summed E-state index contributed by atoms with van der Waals surface area (Å²) in [7, 11) is -1.84. The first-order valence-electron chi connectivity index (χ1n) is 6.23. The van der Waals surface area contributed by atoms with E-state index < -0.39 is 8.32 Å². The van der Waals surface area contributed by atoms with Gasteiger partial charge in [-0.3, -0.25) is 0 Å². The van der Waals surface area contributed by atoms with Gasteiger partial charge in [0.05, 0.1) is 19.3 Å². The summed E-state index contributed by atoms with van der Waals surface area (Å²) < 4.78 is 17.2. The summed E-state index contributed by atoms with van der Waals surface area (Å²) in [6.45, 7) is 13.3. The van der Waals surface area contributed by atoms with Crippen molar-refractivity contribution in [1.82, 2.24) is 0 Å². The SMILES string of the molecule is CC1OC[C@@H](O[Si](C)(C)C(C)(C)C)[C@H](CO)O1. The number of hydrogen-bond acceptors (Lipinski definition) is 4. The first-order valence-corrected chi connectivity index (χ1v) is 9.14. The Morgan fingerprint density at radius 3 is 2.41 bits per heavy atom. The van der Waals surface area contributed by atoms with Gasteiger partial charge in [-0.25, -0.2) is 0 Å². The highest BCUT2D eigenvalue weighted by atomic mass is 28.4. The van der Waals surface area contributed by atoms with Gasteiger partial charge in [0, 0.05) is 0 Å². The molecule has 1 aliphatic heterocycles. The summed E-state index contributed by atoms with van der Waals surface area (Å²) in [6.07, 6.45) is -0.684. The van der Waals surface area contributed by atoms with E-state index in [4.69, 9.17) is 13.9 Å². The monoisotopic (exact) mass is 262 g/mol. The molecule has 17 heavy (non-hydrogen) atoms. The molecule has 0 saturated carbocycles. The molecule has 1 saturated heterocycles. The molecule has 5 heteroatoms. The normalized spacial score (nSPS) is 31.6. The first kappa shape index (κ1) is 15.1. The summed E-state index contributed by atoms with van der Waals surface area (Å²) in [6, 6.07) is 0. The van der Waals surface area contributed by atoms with E-state index in [0.29, 0.717) is 6.61 Å². The number of aliphatic hydroxyl groups excluding tert-OH is 1. The van der Waals surface area contributed by atoms with E-state index >= 15 is 0 Å². The number of rotatable bonds is 3. The van der Waals surface area contributed by atoms with Crippen molar-refractivity contribution in [2.45, 2.75) is 64.3 Å². The molecule has 0 aromatic carbocycles. The van der Waals surface area contributed by atoms with Gasteiger partial charge < -0.3 is 19.0 Å². The molecule has 0 amide bonds. The van der Waals surface area contributed by atoms with Crippen molar-refractivity contribution in [2.75, 3.05) is 13.2 Å². The molecule has 0 aromatic heterocycles. The highest BCUT2D eigenvalue weighted by molar-refractivity contribution is 6.74. The van der Waals surface area contributed by atoms with Crippen LogP contribution in [0.2, 0.25) is 18.1 Å². The van der Waals surface area contributed by atoms with Crippen LogP contribution in [-0.2, 0) is 13.9 Å². The lowest BCUT2D eigenvalue weighted by molar-refractivity contribution is -0.247. The van der Waals surface area contributed by atoms with Crippen LogP contribution in [0.25, 0.3) is 0 Å². The predicted molar refractivity (Wildman–Crippen MR) is 69.4 cm³/mol. The van der Waals surface area contributed by atoms with Crippen LogP contribution in [0.4, 0.5) is 0 Å². The number of aliphatic hydroxyl groups is 1. The van der Waals surface area contributed by atoms with E-state index in [9.17, 15) is 5.11 Å². The maximum Gasteiger partial charge on any atom is 0.192 e. The summed E-state index contributed by atoms with van der Waals surface area (Å²) in [4.78, 5) is 0. The predicted octanol–water partition coefficient (Wildman–Crippen LogP) is 2.13. The van der Waals surface area contributed by atoms with E-state index in [1.165, 1.54) is 0 Å². The molecule has 1 heterocycles. The molecule has 1 rings (SSSR count). The average Bonchev–Trinajstić information content (AvgIpc) is 2.18. The van der Waals surface area contributed by atoms with Gasteiger partial charge >= 0.3 is 0 Å². The highest BCUT2D eigenvalue weighted by Crippen LogP contribution is 2.38. The molecule has 4 nitrogen and oxygen atoms in total. The summed E-state index contributed by atoms with van der Waals surface area (Å²) >= 11 is 0. The molecule has 1 unspecified atom stereocenters. The van der Waals surface area contributed by atoms with Crippen molar-refractivity contribution < 1.29 is 19.0 Å². The standard InChI is InChI=1S/C12H26O4Si/c1-9-14-8-11(10(7-13)15-9)16-17(5,6)12(2,3)4/h9-11,13H,7-8H2,1-6H3/t9?,10-,11+/m0/s1. The lowest BCUT2D eigenvalue weighted by Crippen LogP contribution is -2.53. The zero-order chi connectivity index (χ0) is 13.3. The van der Waals surface area contributed by atoms with Gasteiger partial charge in [0.1, 0.15) is 6.10 Å². The van der Waals surface area contributed by atoms with Crippen molar-refractivity contribution >= 4 is 8.32 Å². The molecule has 1 aliphatic rings. The molecule has 1 fully saturated rings. The van der Waals surface area contributed by atoms with E-state index in [-0.39, 0.29) is 30.1 Å². The minimum atomic E-state index is -1.84. The van der Waals surface area contributed by atoms with Crippen LogP contribution in [0.1, 0.15) is 27.7 Å². The second-order valence-corrected chi connectivity index (χ2v) is 10.9. The molecule has 0 spiro atoms. The molecule has 0 aromatic rings. The summed E-state index contributed by atoms with van der Waals surface area (Å²) in [5.74, 6) is 0. The van der Waals surface area contributed by atoms with Crippen LogP contribution in [0.3, 0.4) is 0 Å². The Balaban J connectivity index is 2.67. The second-order valence-electron chi connectivity index (χ2n) is 6.17. The van der Waals surface area contributed by atoms with E-state index in [2.05, 4.69) is 33.9 Å². The lowest BCUT2D eigenvalue weighted by Gasteiger charge is -2.43. The van der Waals surface area contributed by atoms with Crippen molar-refractivity contribution in [1.29, 1.82) is 0 Å². The van der Waals surface area contributed by atoms with Crippen LogP contribution in [0, 0.1) is 0 Å². The second kappa shape index (κ2) is 5.36. The van der Waals surface area contributed by atoms with Gasteiger partial charge in [0.25, 0.3) is 0 Å². The number of hydrogen-bond donors (Lipinski definition) is 1. The fourth-order valence-corrected chi connectivity index (χ4v) is 2.87. The molecular weight excluding hydrogens is 236 g/mol. The molecule has 0 aliphatic carbocycles. The smallest absolute Gasteiger partial charge is 0.192 e. The third-order valence-corrected chi connectivity index (χ3v) is 8.21. The Kier molecular flexibility index (Phi) is 4.77. The Bertz CT molecular complexity index is 249. The topological polar surface area (TPSA) is 47.9 Å². The van der Waals surface area contributed by atoms with Crippen LogP contribution in [0.5, 0.6) is 0 Å². The van der Waals surface area contributed by atoms with Gasteiger partial charge in [-0.1, -0.05) is 20.8 Å². The van der Waals surface area contributed by atoms with E-state index in [1.807, 2.05) is 6.92 Å². The molecule has 102 valence electrons. The van der Waals surface area contributed by atoms with Gasteiger partial charge in [-0.15, -0.1) is 0 Å². The maximum atomic E-state index is 9.33. The van der Waals surface area contributed by atoms with Gasteiger partial charge in [0.2, 0.25) is 0 Å². The average molecular weight is 262 g/mol. The van der Waals surface area contributed by atoms with E-state index in [0.717, 1.165) is 0 Å². The van der Waals surface area contributed by atoms with Crippen molar-refractivity contribution in [3.05, 3.63) is 0 Å². The first-order chi connectivity index (χ1) is 7.67. The van der Waals surface area contributed by atoms with Crippen LogP contribution >= 0.6 is 0 Å². The highest BCUT2D eigenvalue weighted by Gasteiger charge is 2.42. The van der Waals surface area contributed by atoms with Crippen molar-refractivity contribution in [3.63, 3.8) is 0 Å². The summed E-state index contributed by atoms with van der Waals surface area (Å²) in [5, 5.41) is 9.48. The molecule has 1 N–H and O–H groups in total. The Morgan fingerprint density at radius 2 is 1.94 bits per heavy atom. The van der Waals surface area contributed by atoms with Gasteiger partial charge in [0.15, 0.2) is 14.6 Å². The van der Waals surface area contributed by atoms with E-state index in [1.54, 1.807) is 0 Å². The zero-order valence-electron chi connectivity index (χ0n) is 11.8. The fraction of sp³-hybridized carbons (Fsp3) is 1.00. The van der Waals surface area contributed by atoms with Gasteiger partial charge in [-0.2, -0.15) is 0 Å². The minimum Gasteiger partial charge on any atom is -0.409 e. The minimum absolute atomic E-state index is 0.0208. The lowest BCUT2D eigenvalue weighted by atomic mass is 10.2. The van der Waals surface area contributed by atoms with Crippen LogP contribution in [0.15, 0.2) is 0 Å². The van der Waals surface area contributed by atoms with Crippen molar-refractivity contribution in [2.24, 2.45) is 0 Å². The maximum absolute atomic E-state index is 9.33. The Labute approximate surface area is 105 Å². The van der Waals surface area contributed by atoms with Crippen LogP contribution < -0.4 is 0 Å². The quantitative estimate of drug-likeness (QED) is 0.792. The molecule has 3 atom stereocenters. The fourth-order valence-electron chi connectivity index (χ4n) is 1.54.